The maximum absolute atomic E-state index is 10.8. The molecule has 0 amide bonds. The van der Waals surface area contributed by atoms with Crippen LogP contribution >= 0.6 is 0 Å². The number of aliphatic carboxylic acids is 1. The lowest BCUT2D eigenvalue weighted by atomic mass is 10.0. The van der Waals surface area contributed by atoms with E-state index in [4.69, 9.17) is 15.6 Å². The molecule has 4 N–H and O–H groups in total. The van der Waals surface area contributed by atoms with Gasteiger partial charge in [0.15, 0.2) is 0 Å². The van der Waals surface area contributed by atoms with E-state index < -0.39 is 5.97 Å². The molecule has 0 bridgehead atoms. The van der Waals surface area contributed by atoms with Gasteiger partial charge in [0.05, 0.1) is 6.04 Å². The highest BCUT2D eigenvalue weighted by atomic mass is 16.5. The molecule has 0 saturated heterocycles. The number of aromatic nitrogens is 1. The third-order valence-electron chi connectivity index (χ3n) is 5.97. The van der Waals surface area contributed by atoms with Crippen LogP contribution in [-0.4, -0.2) is 22.3 Å². The zero-order valence-corrected chi connectivity index (χ0v) is 19.9. The first kappa shape index (κ1) is 23.8. The number of nitrogens with two attached hydrogens (primary N) is 1. The van der Waals surface area contributed by atoms with Crippen molar-refractivity contribution in [1.29, 1.82) is 0 Å². The maximum Gasteiger partial charge on any atom is 0.303 e. The van der Waals surface area contributed by atoms with E-state index in [9.17, 15) is 4.79 Å². The lowest BCUT2D eigenvalue weighted by Gasteiger charge is -2.11. The summed E-state index contributed by atoms with van der Waals surface area (Å²) >= 11 is 0. The summed E-state index contributed by atoms with van der Waals surface area (Å²) < 4.78 is 6.16. The molecule has 0 spiro atoms. The summed E-state index contributed by atoms with van der Waals surface area (Å²) in [6, 6.07) is 21.5. The number of allylic oxidation sites excluding steroid dienone is 1. The van der Waals surface area contributed by atoms with Gasteiger partial charge in [-0.25, -0.2) is 0 Å². The van der Waals surface area contributed by atoms with Crippen LogP contribution in [0.5, 0.6) is 11.5 Å². The number of carboxylic acids is 1. The Bertz CT molecular complexity index is 1400. The van der Waals surface area contributed by atoms with Gasteiger partial charge in [-0.3, -0.25) is 9.79 Å². The summed E-state index contributed by atoms with van der Waals surface area (Å²) in [6.07, 6.45) is 6.03. The lowest BCUT2D eigenvalue weighted by molar-refractivity contribution is -0.136. The molecule has 0 radical (unpaired) electrons. The minimum Gasteiger partial charge on any atom is -0.481 e. The smallest absolute Gasteiger partial charge is 0.303 e. The van der Waals surface area contributed by atoms with E-state index in [1.807, 2.05) is 86.8 Å². The highest BCUT2D eigenvalue weighted by molar-refractivity contribution is 5.85. The zero-order chi connectivity index (χ0) is 24.8. The summed E-state index contributed by atoms with van der Waals surface area (Å²) in [6.45, 7) is 4.04. The number of aryl methyl sites for hydroxylation is 2. The number of benzene rings is 3. The number of H-pyrrole nitrogens is 1. The molecule has 3 aromatic carbocycles. The van der Waals surface area contributed by atoms with E-state index in [-0.39, 0.29) is 12.5 Å². The molecule has 0 fully saturated rings. The number of aliphatic imine (C=N–C) groups is 1. The third-order valence-corrected chi connectivity index (χ3v) is 5.97. The molecular formula is C29H29N3O3. The monoisotopic (exact) mass is 467 g/mol. The molecule has 0 aliphatic rings. The number of carboxylic acid groups (broad SMARTS) is 1. The summed E-state index contributed by atoms with van der Waals surface area (Å²) in [7, 11) is 0. The molecule has 0 aliphatic heterocycles. The summed E-state index contributed by atoms with van der Waals surface area (Å²) in [4.78, 5) is 18.6. The molecule has 1 atom stereocenters. The van der Waals surface area contributed by atoms with Crippen molar-refractivity contribution in [3.05, 3.63) is 101 Å². The zero-order valence-electron chi connectivity index (χ0n) is 19.9. The van der Waals surface area contributed by atoms with Gasteiger partial charge in [-0.1, -0.05) is 36.4 Å². The number of nitrogens with zero attached hydrogens (tertiary/aromatic N) is 1. The van der Waals surface area contributed by atoms with Gasteiger partial charge in [-0.05, 0) is 67.8 Å². The Hall–Kier alpha value is -4.32. The van der Waals surface area contributed by atoms with E-state index >= 15 is 0 Å². The quantitative estimate of drug-likeness (QED) is 0.247. The Morgan fingerprint density at radius 2 is 1.97 bits per heavy atom. The third kappa shape index (κ3) is 5.98. The number of nitrogens with one attached hydrogen (secondary N) is 1. The number of hydrogen-bond acceptors (Lipinski definition) is 4. The van der Waals surface area contributed by atoms with Gasteiger partial charge in [0.2, 0.25) is 0 Å². The van der Waals surface area contributed by atoms with Gasteiger partial charge in [0.1, 0.15) is 11.5 Å². The Morgan fingerprint density at radius 1 is 1.14 bits per heavy atom. The van der Waals surface area contributed by atoms with Crippen LogP contribution in [0.1, 0.15) is 41.6 Å². The van der Waals surface area contributed by atoms with Gasteiger partial charge in [0, 0.05) is 46.6 Å². The van der Waals surface area contributed by atoms with Gasteiger partial charge in [0.25, 0.3) is 0 Å². The van der Waals surface area contributed by atoms with E-state index in [1.165, 1.54) is 0 Å². The van der Waals surface area contributed by atoms with Crippen LogP contribution in [-0.2, 0) is 11.2 Å². The molecule has 4 rings (SSSR count). The van der Waals surface area contributed by atoms with Crippen molar-refractivity contribution in [2.24, 2.45) is 10.7 Å². The molecule has 1 heterocycles. The van der Waals surface area contributed by atoms with Crippen LogP contribution in [0.15, 0.2) is 84.0 Å². The predicted octanol–water partition coefficient (Wildman–Crippen LogP) is 6.42. The highest BCUT2D eigenvalue weighted by Gasteiger charge is 2.08. The number of rotatable bonds is 9. The first-order chi connectivity index (χ1) is 16.9. The normalized spacial score (nSPS) is 12.8. The lowest BCUT2D eigenvalue weighted by Crippen LogP contribution is -1.99. The van der Waals surface area contributed by atoms with Crippen molar-refractivity contribution in [1.82, 2.24) is 4.98 Å². The van der Waals surface area contributed by atoms with Crippen LogP contribution < -0.4 is 10.5 Å². The minimum absolute atomic E-state index is 0.0789. The molecule has 6 heteroatoms. The first-order valence-electron chi connectivity index (χ1n) is 11.6. The number of fused-ring (bicyclic) bond motifs is 1. The Kier molecular flexibility index (Phi) is 7.31. The van der Waals surface area contributed by atoms with E-state index in [2.05, 4.69) is 9.98 Å². The molecule has 178 valence electrons. The summed E-state index contributed by atoms with van der Waals surface area (Å²) in [5.41, 5.74) is 11.9. The fourth-order valence-corrected chi connectivity index (χ4v) is 3.94. The molecule has 6 nitrogen and oxygen atoms in total. The molecule has 1 unspecified atom stereocenters. The minimum atomic E-state index is -0.798. The average Bonchev–Trinajstić information content (AvgIpc) is 3.34. The van der Waals surface area contributed by atoms with E-state index in [0.717, 1.165) is 38.9 Å². The molecule has 0 aliphatic carbocycles. The van der Waals surface area contributed by atoms with Crippen LogP contribution in [0.2, 0.25) is 0 Å². The Morgan fingerprint density at radius 3 is 2.80 bits per heavy atom. The Labute approximate surface area is 204 Å². The predicted molar refractivity (Wildman–Crippen MR) is 141 cm³/mol. The van der Waals surface area contributed by atoms with Crippen LogP contribution in [0.4, 0.5) is 0 Å². The van der Waals surface area contributed by atoms with Crippen LogP contribution in [0.25, 0.3) is 16.6 Å². The van der Waals surface area contributed by atoms with Gasteiger partial charge in [-0.15, -0.1) is 0 Å². The van der Waals surface area contributed by atoms with Crippen LogP contribution in [0.3, 0.4) is 0 Å². The van der Waals surface area contributed by atoms with Crippen molar-refractivity contribution >= 4 is 28.8 Å². The maximum atomic E-state index is 10.8. The van der Waals surface area contributed by atoms with E-state index in [1.54, 1.807) is 12.3 Å². The highest BCUT2D eigenvalue weighted by Crippen LogP contribution is 2.31. The van der Waals surface area contributed by atoms with Crippen molar-refractivity contribution in [3.63, 3.8) is 0 Å². The van der Waals surface area contributed by atoms with Crippen molar-refractivity contribution in [3.8, 4) is 11.5 Å². The topological polar surface area (TPSA) is 101 Å². The number of hydrogen-bond donors (Lipinski definition) is 3. The average molecular weight is 468 g/mol. The number of carbonyl (C=O) groups is 1. The van der Waals surface area contributed by atoms with Crippen molar-refractivity contribution in [2.75, 3.05) is 0 Å². The van der Waals surface area contributed by atoms with Gasteiger partial charge < -0.3 is 20.6 Å². The SMILES string of the molecule is Cc1c(Oc2cccc(C(N)=CC=NC(C)c3cccc(CCC(=O)O)c3)c2)ccc2[nH]ccc12. The number of ether oxygens (including phenoxy) is 1. The largest absolute Gasteiger partial charge is 0.481 e. The molecular weight excluding hydrogens is 438 g/mol. The Balaban J connectivity index is 1.44. The van der Waals surface area contributed by atoms with Crippen molar-refractivity contribution < 1.29 is 14.6 Å². The second-order valence-electron chi connectivity index (χ2n) is 8.49. The fraction of sp³-hybridized carbons (Fsp3) is 0.172. The van der Waals surface area contributed by atoms with Gasteiger partial charge >= 0.3 is 5.97 Å². The second kappa shape index (κ2) is 10.7. The van der Waals surface area contributed by atoms with Crippen LogP contribution in [0, 0.1) is 6.92 Å². The number of aromatic amines is 1. The fourth-order valence-electron chi connectivity index (χ4n) is 3.94. The molecule has 0 saturated carbocycles. The van der Waals surface area contributed by atoms with Gasteiger partial charge in [-0.2, -0.15) is 0 Å². The standard InChI is InChI=1S/C29H29N3O3/c1-19-25-13-15-32-27(25)10-11-28(19)35-24-8-4-7-23(18-24)26(30)14-16-31-20(2)22-6-3-5-21(17-22)9-12-29(33)34/h3-8,10-11,13-18,20,32H,9,12,30H2,1-2H3,(H,33,34). The van der Waals surface area contributed by atoms with E-state index in [0.29, 0.717) is 17.9 Å². The molecule has 4 aromatic rings. The summed E-state index contributed by atoms with van der Waals surface area (Å²) in [5.74, 6) is 0.714. The summed E-state index contributed by atoms with van der Waals surface area (Å²) in [5, 5.41) is 10.0. The first-order valence-corrected chi connectivity index (χ1v) is 11.6. The molecule has 1 aromatic heterocycles. The second-order valence-corrected chi connectivity index (χ2v) is 8.49. The molecule has 35 heavy (non-hydrogen) atoms. The van der Waals surface area contributed by atoms with Crippen molar-refractivity contribution in [2.45, 2.75) is 32.7 Å².